The number of alkyl halides is 3. The monoisotopic (exact) mass is 381 g/mol. The van der Waals surface area contributed by atoms with Crippen LogP contribution in [0.4, 0.5) is 13.2 Å². The summed E-state index contributed by atoms with van der Waals surface area (Å²) < 4.78 is 40.9. The lowest BCUT2D eigenvalue weighted by molar-refractivity contribution is -0.176. The maximum atomic E-state index is 12.8. The van der Waals surface area contributed by atoms with E-state index in [2.05, 4.69) is 10.1 Å². The summed E-state index contributed by atoms with van der Waals surface area (Å²) in [7, 11) is 0. The Balaban J connectivity index is 1.26. The highest BCUT2D eigenvalue weighted by atomic mass is 19.4. The predicted octanol–water partition coefficient (Wildman–Crippen LogP) is 4.45. The Bertz CT molecular complexity index is 643. The van der Waals surface area contributed by atoms with E-state index in [0.717, 1.165) is 17.4 Å². The topological polar surface area (TPSA) is 38.3 Å². The number of benzene rings is 1. The molecule has 4 aliphatic carbocycles. The van der Waals surface area contributed by atoms with E-state index in [9.17, 15) is 18.0 Å². The molecule has 1 N–H and O–H groups in total. The van der Waals surface area contributed by atoms with Crippen molar-refractivity contribution in [3.8, 4) is 0 Å². The van der Waals surface area contributed by atoms with Crippen molar-refractivity contribution in [1.82, 2.24) is 5.32 Å². The SMILES string of the molecule is O=C(NCc1ccc(COCC(F)(F)F)cc1)C1C2CC3CC(C2)CC1C3. The van der Waals surface area contributed by atoms with Crippen LogP contribution < -0.4 is 5.32 Å². The van der Waals surface area contributed by atoms with Gasteiger partial charge in [0, 0.05) is 12.5 Å². The molecule has 0 spiro atoms. The van der Waals surface area contributed by atoms with Gasteiger partial charge in [-0.3, -0.25) is 4.79 Å². The van der Waals surface area contributed by atoms with Crippen molar-refractivity contribution in [1.29, 1.82) is 0 Å². The quantitative estimate of drug-likeness (QED) is 0.790. The molecule has 6 heteroatoms. The average Bonchev–Trinajstić information content (AvgIpc) is 2.59. The van der Waals surface area contributed by atoms with Crippen LogP contribution in [0.15, 0.2) is 24.3 Å². The van der Waals surface area contributed by atoms with E-state index in [-0.39, 0.29) is 18.4 Å². The standard InChI is InChI=1S/C21H26F3NO2/c22-21(23,24)12-27-11-14-3-1-13(2-4-14)10-25-20(26)19-17-6-15-5-16(8-17)9-18(19)7-15/h1-4,15-19H,5-12H2,(H,25,26). The summed E-state index contributed by atoms with van der Waals surface area (Å²) >= 11 is 0. The van der Waals surface area contributed by atoms with E-state index >= 15 is 0 Å². The van der Waals surface area contributed by atoms with Crippen LogP contribution in [0.2, 0.25) is 0 Å². The lowest BCUT2D eigenvalue weighted by atomic mass is 9.51. The second kappa shape index (κ2) is 7.46. The molecule has 3 nitrogen and oxygen atoms in total. The van der Waals surface area contributed by atoms with Crippen LogP contribution in [0, 0.1) is 29.6 Å². The van der Waals surface area contributed by atoms with Crippen LogP contribution in [0.3, 0.4) is 0 Å². The highest BCUT2D eigenvalue weighted by Gasteiger charge is 2.50. The zero-order valence-electron chi connectivity index (χ0n) is 15.3. The normalized spacial score (nSPS) is 31.9. The largest absolute Gasteiger partial charge is 0.411 e. The summed E-state index contributed by atoms with van der Waals surface area (Å²) in [6.45, 7) is -0.846. The summed E-state index contributed by atoms with van der Waals surface area (Å²) in [4.78, 5) is 12.8. The molecule has 0 radical (unpaired) electrons. The fourth-order valence-electron chi connectivity index (χ4n) is 5.70. The van der Waals surface area contributed by atoms with Crippen LogP contribution in [0.1, 0.15) is 43.2 Å². The van der Waals surface area contributed by atoms with E-state index in [0.29, 0.717) is 23.9 Å². The van der Waals surface area contributed by atoms with Gasteiger partial charge < -0.3 is 10.1 Å². The molecule has 4 fully saturated rings. The number of rotatable bonds is 6. The number of carbonyl (C=O) groups excluding carboxylic acids is 1. The summed E-state index contributed by atoms with van der Waals surface area (Å²) in [6, 6.07) is 7.17. The smallest absolute Gasteiger partial charge is 0.367 e. The van der Waals surface area contributed by atoms with Crippen molar-refractivity contribution in [2.45, 2.75) is 51.4 Å². The molecular formula is C21H26F3NO2. The minimum atomic E-state index is -4.30. The van der Waals surface area contributed by atoms with Gasteiger partial charge in [0.15, 0.2) is 0 Å². The van der Waals surface area contributed by atoms with Gasteiger partial charge in [-0.05, 0) is 66.9 Å². The van der Waals surface area contributed by atoms with Crippen molar-refractivity contribution < 1.29 is 22.7 Å². The first-order valence-electron chi connectivity index (χ1n) is 9.87. The maximum Gasteiger partial charge on any atom is 0.411 e. The lowest BCUT2D eigenvalue weighted by Gasteiger charge is -2.53. The summed E-state index contributed by atoms with van der Waals surface area (Å²) in [5.74, 6) is 3.19. The minimum Gasteiger partial charge on any atom is -0.367 e. The van der Waals surface area contributed by atoms with Crippen molar-refractivity contribution in [3.05, 3.63) is 35.4 Å². The number of carbonyl (C=O) groups is 1. The van der Waals surface area contributed by atoms with Crippen molar-refractivity contribution in [3.63, 3.8) is 0 Å². The molecule has 1 amide bonds. The molecule has 4 saturated carbocycles. The van der Waals surface area contributed by atoms with E-state index in [1.54, 1.807) is 12.1 Å². The van der Waals surface area contributed by atoms with Gasteiger partial charge >= 0.3 is 6.18 Å². The molecule has 148 valence electrons. The minimum absolute atomic E-state index is 0.0695. The number of hydrogen-bond acceptors (Lipinski definition) is 2. The first-order chi connectivity index (χ1) is 12.9. The Morgan fingerprint density at radius 1 is 0.963 bits per heavy atom. The van der Waals surface area contributed by atoms with Gasteiger partial charge in [0.2, 0.25) is 5.91 Å². The molecule has 0 saturated heterocycles. The van der Waals surface area contributed by atoms with Crippen molar-refractivity contribution in [2.24, 2.45) is 29.6 Å². The number of halogens is 3. The van der Waals surface area contributed by atoms with E-state index in [1.165, 1.54) is 32.1 Å². The molecule has 0 heterocycles. The zero-order valence-corrected chi connectivity index (χ0v) is 15.3. The van der Waals surface area contributed by atoms with Gasteiger partial charge in [-0.25, -0.2) is 0 Å². The first kappa shape index (κ1) is 18.8. The molecule has 0 unspecified atom stereocenters. The molecule has 5 rings (SSSR count). The molecule has 4 aliphatic rings. The third-order valence-corrected chi connectivity index (χ3v) is 6.55. The second-order valence-corrected chi connectivity index (χ2v) is 8.60. The van der Waals surface area contributed by atoms with Gasteiger partial charge in [-0.2, -0.15) is 13.2 Å². The second-order valence-electron chi connectivity index (χ2n) is 8.60. The van der Waals surface area contributed by atoms with Gasteiger partial charge in [0.1, 0.15) is 6.61 Å². The molecule has 0 aliphatic heterocycles. The van der Waals surface area contributed by atoms with Crippen molar-refractivity contribution in [2.75, 3.05) is 6.61 Å². The van der Waals surface area contributed by atoms with Gasteiger partial charge in [0.25, 0.3) is 0 Å². The Hall–Kier alpha value is -1.56. The maximum absolute atomic E-state index is 12.8. The Labute approximate surface area is 157 Å². The third kappa shape index (κ3) is 4.48. The van der Waals surface area contributed by atoms with Crippen LogP contribution in [0.25, 0.3) is 0 Å². The molecule has 4 bridgehead atoms. The summed E-state index contributed by atoms with van der Waals surface area (Å²) in [5.41, 5.74) is 1.64. The number of ether oxygens (including phenoxy) is 1. The Morgan fingerprint density at radius 2 is 1.52 bits per heavy atom. The summed E-state index contributed by atoms with van der Waals surface area (Å²) in [6.07, 6.45) is 1.95. The third-order valence-electron chi connectivity index (χ3n) is 6.55. The average molecular weight is 381 g/mol. The molecular weight excluding hydrogens is 355 g/mol. The van der Waals surface area contributed by atoms with Crippen LogP contribution in [-0.2, 0) is 22.7 Å². The Morgan fingerprint density at radius 3 is 2.07 bits per heavy atom. The van der Waals surface area contributed by atoms with Crippen LogP contribution >= 0.6 is 0 Å². The fraction of sp³-hybridized carbons (Fsp3) is 0.667. The number of hydrogen-bond donors (Lipinski definition) is 1. The van der Waals surface area contributed by atoms with E-state index in [1.807, 2.05) is 12.1 Å². The van der Waals surface area contributed by atoms with Crippen molar-refractivity contribution >= 4 is 5.91 Å². The van der Waals surface area contributed by atoms with Crippen LogP contribution in [-0.4, -0.2) is 18.7 Å². The lowest BCUT2D eigenvalue weighted by Crippen LogP contribution is -2.50. The number of amides is 1. The Kier molecular flexibility index (Phi) is 5.19. The van der Waals surface area contributed by atoms with Crippen LogP contribution in [0.5, 0.6) is 0 Å². The molecule has 1 aromatic carbocycles. The summed E-state index contributed by atoms with van der Waals surface area (Å²) in [5, 5.41) is 3.09. The molecule has 0 aromatic heterocycles. The highest BCUT2D eigenvalue weighted by Crippen LogP contribution is 2.56. The first-order valence-corrected chi connectivity index (χ1v) is 9.87. The highest BCUT2D eigenvalue weighted by molar-refractivity contribution is 5.79. The zero-order chi connectivity index (χ0) is 19.0. The molecule has 0 atom stereocenters. The predicted molar refractivity (Wildman–Crippen MR) is 94.5 cm³/mol. The number of nitrogens with one attached hydrogen (secondary N) is 1. The fourth-order valence-corrected chi connectivity index (χ4v) is 5.70. The van der Waals surface area contributed by atoms with Gasteiger partial charge in [-0.1, -0.05) is 24.3 Å². The van der Waals surface area contributed by atoms with E-state index in [4.69, 9.17) is 0 Å². The molecule has 27 heavy (non-hydrogen) atoms. The van der Waals surface area contributed by atoms with E-state index < -0.39 is 12.8 Å². The van der Waals surface area contributed by atoms with Gasteiger partial charge in [0.05, 0.1) is 6.61 Å². The van der Waals surface area contributed by atoms with Gasteiger partial charge in [-0.15, -0.1) is 0 Å². The molecule has 1 aromatic rings.